The van der Waals surface area contributed by atoms with Gasteiger partial charge in [0.25, 0.3) is 15.9 Å². The highest BCUT2D eigenvalue weighted by atomic mass is 35.5. The number of amides is 2. The van der Waals surface area contributed by atoms with Crippen LogP contribution in [-0.4, -0.2) is 77.3 Å². The van der Waals surface area contributed by atoms with Crippen LogP contribution in [0.3, 0.4) is 0 Å². The Morgan fingerprint density at radius 1 is 1.19 bits per heavy atom. The summed E-state index contributed by atoms with van der Waals surface area (Å²) in [5.41, 5.74) is 0.479. The van der Waals surface area contributed by atoms with E-state index in [1.165, 1.54) is 36.4 Å². The van der Waals surface area contributed by atoms with Gasteiger partial charge in [0.05, 0.1) is 35.6 Å². The molecular formula is C25H30ClN3O7S. The molecule has 0 radical (unpaired) electrons. The molecule has 2 aromatic carbocycles. The van der Waals surface area contributed by atoms with Crippen LogP contribution >= 0.6 is 11.6 Å². The number of hydrogen-bond acceptors (Lipinski definition) is 7. The van der Waals surface area contributed by atoms with Gasteiger partial charge in [0.15, 0.2) is 0 Å². The van der Waals surface area contributed by atoms with Gasteiger partial charge in [-0.25, -0.2) is 8.42 Å². The van der Waals surface area contributed by atoms with Crippen molar-refractivity contribution in [1.29, 1.82) is 0 Å². The van der Waals surface area contributed by atoms with Crippen LogP contribution in [0.1, 0.15) is 29.6 Å². The minimum atomic E-state index is -3.88. The Morgan fingerprint density at radius 2 is 1.95 bits per heavy atom. The van der Waals surface area contributed by atoms with Gasteiger partial charge in [-0.1, -0.05) is 11.6 Å². The molecule has 1 fully saturated rings. The lowest BCUT2D eigenvalue weighted by atomic mass is 9.94. The highest BCUT2D eigenvalue weighted by Gasteiger charge is 2.39. The highest BCUT2D eigenvalue weighted by molar-refractivity contribution is 7.92. The molecule has 0 aromatic heterocycles. The summed E-state index contributed by atoms with van der Waals surface area (Å²) in [5, 5.41) is 3.22. The smallest absolute Gasteiger partial charge is 0.261 e. The third-order valence-electron chi connectivity index (χ3n) is 6.43. The van der Waals surface area contributed by atoms with E-state index in [1.54, 1.807) is 25.1 Å². The van der Waals surface area contributed by atoms with Crippen LogP contribution in [0.25, 0.3) is 0 Å². The Labute approximate surface area is 221 Å². The van der Waals surface area contributed by atoms with Crippen LogP contribution in [0.2, 0.25) is 5.02 Å². The minimum absolute atomic E-state index is 0.0486. The Bertz CT molecular complexity index is 1240. The number of rotatable bonds is 8. The zero-order valence-electron chi connectivity index (χ0n) is 20.6. The van der Waals surface area contributed by atoms with Crippen molar-refractivity contribution in [2.45, 2.75) is 42.4 Å². The van der Waals surface area contributed by atoms with Gasteiger partial charge in [-0.2, -0.15) is 0 Å². The van der Waals surface area contributed by atoms with Crippen LogP contribution in [0, 0.1) is 0 Å². The van der Waals surface area contributed by atoms with Crippen molar-refractivity contribution in [1.82, 2.24) is 10.2 Å². The van der Waals surface area contributed by atoms with E-state index in [4.69, 9.17) is 25.8 Å². The van der Waals surface area contributed by atoms with Crippen LogP contribution in [0.5, 0.6) is 5.75 Å². The molecular weight excluding hydrogens is 522 g/mol. The van der Waals surface area contributed by atoms with E-state index in [-0.39, 0.29) is 53.1 Å². The maximum atomic E-state index is 13.4. The first-order valence-corrected chi connectivity index (χ1v) is 13.8. The summed E-state index contributed by atoms with van der Waals surface area (Å²) in [5.74, 6) is -0.0972. The molecule has 12 heteroatoms. The highest BCUT2D eigenvalue weighted by Crippen LogP contribution is 2.33. The molecule has 0 unspecified atom stereocenters. The standard InChI is InChI=1S/C25H30ClN3O7S/c1-29-21-9-6-18(14-24(30)27-11-12-34-2)36-23(21)15-35-22-10-5-17(13-20(22)25(29)31)28-37(32,33)19-7-3-16(26)4-8-19/h3-5,7-8,10,13,18,21,23,28H,6,9,11-12,14-15H2,1-2H3,(H,27,30)/t18-,21+,23-/m0/s1. The number of nitrogens with one attached hydrogen (secondary N) is 2. The number of methoxy groups -OCH3 is 1. The quantitative estimate of drug-likeness (QED) is 0.483. The van der Waals surface area contributed by atoms with Gasteiger partial charge in [0, 0.05) is 31.4 Å². The van der Waals surface area contributed by atoms with Crippen molar-refractivity contribution in [2.24, 2.45) is 0 Å². The molecule has 4 rings (SSSR count). The summed E-state index contributed by atoms with van der Waals surface area (Å²) in [6, 6.07) is 10.1. The SMILES string of the molecule is COCCNC(=O)C[C@@H]1CC[C@@H]2[C@H](COc3ccc(NS(=O)(=O)c4ccc(Cl)cc4)cc3C(=O)N2C)O1. The van der Waals surface area contributed by atoms with E-state index in [2.05, 4.69) is 10.0 Å². The number of hydrogen-bond donors (Lipinski definition) is 2. The minimum Gasteiger partial charge on any atom is -0.490 e. The number of ether oxygens (including phenoxy) is 3. The summed E-state index contributed by atoms with van der Waals surface area (Å²) in [4.78, 5) is 27.2. The van der Waals surface area contributed by atoms with Crippen LogP contribution in [-0.2, 0) is 24.3 Å². The summed E-state index contributed by atoms with van der Waals surface area (Å²) >= 11 is 5.86. The van der Waals surface area contributed by atoms with Crippen molar-refractivity contribution >= 4 is 39.1 Å². The Morgan fingerprint density at radius 3 is 2.68 bits per heavy atom. The summed E-state index contributed by atoms with van der Waals surface area (Å²) in [6.07, 6.45) is 0.794. The van der Waals surface area contributed by atoms with Crippen LogP contribution in [0.4, 0.5) is 5.69 Å². The fourth-order valence-corrected chi connectivity index (χ4v) is 5.67. The van der Waals surface area contributed by atoms with Gasteiger partial charge in [0.2, 0.25) is 5.91 Å². The van der Waals surface area contributed by atoms with E-state index < -0.39 is 16.1 Å². The largest absolute Gasteiger partial charge is 0.490 e. The fraction of sp³-hybridized carbons (Fsp3) is 0.440. The molecule has 0 bridgehead atoms. The Kier molecular flexibility index (Phi) is 8.58. The molecule has 2 aliphatic heterocycles. The van der Waals surface area contributed by atoms with Crippen molar-refractivity contribution in [3.05, 3.63) is 53.1 Å². The van der Waals surface area contributed by atoms with E-state index in [0.29, 0.717) is 36.8 Å². The number of carbonyl (C=O) groups is 2. The van der Waals surface area contributed by atoms with Gasteiger partial charge in [-0.3, -0.25) is 14.3 Å². The van der Waals surface area contributed by atoms with Gasteiger partial charge in [-0.05, 0) is 55.3 Å². The lowest BCUT2D eigenvalue weighted by Crippen LogP contribution is -2.54. The lowest BCUT2D eigenvalue weighted by molar-refractivity contribution is -0.134. The molecule has 2 aromatic rings. The van der Waals surface area contributed by atoms with Gasteiger partial charge in [-0.15, -0.1) is 0 Å². The number of anilines is 1. The number of carbonyl (C=O) groups excluding carboxylic acids is 2. The molecule has 10 nitrogen and oxygen atoms in total. The van der Waals surface area contributed by atoms with Crippen molar-refractivity contribution in [3.8, 4) is 5.75 Å². The second kappa shape index (κ2) is 11.7. The number of halogens is 1. The third kappa shape index (κ3) is 6.53. The number of sulfonamides is 1. The van der Waals surface area contributed by atoms with Gasteiger partial charge >= 0.3 is 0 Å². The van der Waals surface area contributed by atoms with Crippen molar-refractivity contribution in [3.63, 3.8) is 0 Å². The molecule has 37 heavy (non-hydrogen) atoms. The molecule has 0 spiro atoms. The molecule has 2 N–H and O–H groups in total. The van der Waals surface area contributed by atoms with Crippen molar-refractivity contribution < 1.29 is 32.2 Å². The Balaban J connectivity index is 1.47. The average Bonchev–Trinajstić information content (AvgIpc) is 2.87. The third-order valence-corrected chi connectivity index (χ3v) is 8.08. The normalized spacial score (nSPS) is 21.6. The molecule has 2 aliphatic rings. The van der Waals surface area contributed by atoms with Crippen LogP contribution < -0.4 is 14.8 Å². The van der Waals surface area contributed by atoms with Crippen molar-refractivity contribution in [2.75, 3.05) is 38.6 Å². The topological polar surface area (TPSA) is 123 Å². The first kappa shape index (κ1) is 27.2. The zero-order valence-corrected chi connectivity index (χ0v) is 22.2. The first-order chi connectivity index (χ1) is 17.7. The number of likely N-dealkylation sites (N-methyl/N-ethyl adjacent to an activating group) is 1. The van der Waals surface area contributed by atoms with E-state index in [9.17, 15) is 18.0 Å². The second-order valence-electron chi connectivity index (χ2n) is 8.99. The zero-order chi connectivity index (χ0) is 26.6. The van der Waals surface area contributed by atoms with Crippen LogP contribution in [0.15, 0.2) is 47.4 Å². The summed E-state index contributed by atoms with van der Waals surface area (Å²) in [7, 11) is -0.614. The summed E-state index contributed by atoms with van der Waals surface area (Å²) in [6.45, 7) is 1.06. The molecule has 2 heterocycles. The van der Waals surface area contributed by atoms with E-state index in [1.807, 2.05) is 0 Å². The van der Waals surface area contributed by atoms with Gasteiger partial charge < -0.3 is 24.4 Å². The lowest BCUT2D eigenvalue weighted by Gasteiger charge is -2.42. The number of fused-ring (bicyclic) bond motifs is 2. The molecule has 200 valence electrons. The molecule has 0 saturated carbocycles. The fourth-order valence-electron chi connectivity index (χ4n) is 4.49. The maximum Gasteiger partial charge on any atom is 0.261 e. The molecule has 3 atom stereocenters. The number of nitrogens with zero attached hydrogens (tertiary/aromatic N) is 1. The van der Waals surface area contributed by atoms with Gasteiger partial charge in [0.1, 0.15) is 18.5 Å². The van der Waals surface area contributed by atoms with E-state index in [0.717, 1.165) is 0 Å². The predicted octanol–water partition coefficient (Wildman–Crippen LogP) is 2.67. The molecule has 2 amide bonds. The molecule has 1 saturated heterocycles. The first-order valence-electron chi connectivity index (χ1n) is 11.9. The van der Waals surface area contributed by atoms with E-state index >= 15 is 0 Å². The average molecular weight is 552 g/mol. The monoisotopic (exact) mass is 551 g/mol. The maximum absolute atomic E-state index is 13.4. The Hall–Kier alpha value is -2.86. The summed E-state index contributed by atoms with van der Waals surface area (Å²) < 4.78 is 45.1. The molecule has 0 aliphatic carbocycles. The second-order valence-corrected chi connectivity index (χ2v) is 11.1. The predicted molar refractivity (Wildman–Crippen MR) is 137 cm³/mol. The number of benzene rings is 2.